The molecule has 0 aliphatic heterocycles. The van der Waals surface area contributed by atoms with Crippen molar-refractivity contribution in [2.75, 3.05) is 0 Å². The summed E-state index contributed by atoms with van der Waals surface area (Å²) in [6.07, 6.45) is 8.09. The third kappa shape index (κ3) is 1.61. The molecule has 1 heterocycles. The number of hydrogen-bond acceptors (Lipinski definition) is 0. The predicted octanol–water partition coefficient (Wildman–Crippen LogP) is 0.792. The van der Waals surface area contributed by atoms with Crippen molar-refractivity contribution < 1.29 is 0 Å². The molecule has 58 valence electrons. The van der Waals surface area contributed by atoms with Gasteiger partial charge in [-0.15, -0.1) is 0 Å². The van der Waals surface area contributed by atoms with Crippen molar-refractivity contribution in [2.45, 2.75) is 6.92 Å². The molecule has 0 aliphatic rings. The Labute approximate surface area is 67.0 Å². The van der Waals surface area contributed by atoms with Gasteiger partial charge in [0.25, 0.3) is 0 Å². The van der Waals surface area contributed by atoms with Gasteiger partial charge >= 0.3 is 0 Å². The van der Waals surface area contributed by atoms with Crippen LogP contribution in [0.25, 0.3) is 12.7 Å². The van der Waals surface area contributed by atoms with Crippen LogP contribution in [0.3, 0.4) is 0 Å². The zero-order chi connectivity index (χ0) is 8.27. The molecule has 1 rings (SSSR count). The van der Waals surface area contributed by atoms with E-state index in [1.165, 1.54) is 5.35 Å². The molecule has 0 spiro atoms. The number of aryl methyl sites for hydroxylation is 1. The fraction of sp³-hybridized carbons (Fsp3) is 0.200. The van der Waals surface area contributed by atoms with Crippen LogP contribution >= 0.6 is 0 Å². The number of hydrogen-bond donors (Lipinski definition) is 0. The van der Waals surface area contributed by atoms with Crippen molar-refractivity contribution >= 4 is 12.7 Å². The maximum absolute atomic E-state index is 3.91. The summed E-state index contributed by atoms with van der Waals surface area (Å²) in [6, 6.07) is 2.01. The number of allylic oxidation sites excluding steroid dienone is 2. The summed E-state index contributed by atoms with van der Waals surface area (Å²) >= 11 is 0. The summed E-state index contributed by atoms with van der Waals surface area (Å²) in [5.41, 5.74) is 0. The van der Waals surface area contributed by atoms with Crippen molar-refractivity contribution in [3.8, 4) is 0 Å². The molecule has 0 unspecified atom stereocenters. The molecule has 1 heteroatoms. The first-order chi connectivity index (χ1) is 5.25. The highest BCUT2D eigenvalue weighted by atomic mass is 14.9. The molecular weight excluding hydrogens is 134 g/mol. The monoisotopic (exact) mass is 147 g/mol. The second-order valence-corrected chi connectivity index (χ2v) is 2.53. The molecule has 0 fully saturated rings. The van der Waals surface area contributed by atoms with Crippen LogP contribution in [0.4, 0.5) is 0 Å². The Balaban J connectivity index is 3.31. The zero-order valence-corrected chi connectivity index (χ0v) is 7.04. The lowest BCUT2D eigenvalue weighted by Crippen LogP contribution is -2.25. The lowest BCUT2D eigenvalue weighted by molar-refractivity contribution is 0.889. The molecule has 0 saturated heterocycles. The highest BCUT2D eigenvalue weighted by molar-refractivity contribution is 5.35. The normalized spacial score (nSPS) is 13.1. The van der Waals surface area contributed by atoms with Crippen LogP contribution in [0.2, 0.25) is 0 Å². The second-order valence-electron chi connectivity index (χ2n) is 2.53. The van der Waals surface area contributed by atoms with Gasteiger partial charge in [0.1, 0.15) is 0 Å². The van der Waals surface area contributed by atoms with Gasteiger partial charge < -0.3 is 4.57 Å². The van der Waals surface area contributed by atoms with Crippen LogP contribution in [-0.2, 0) is 7.05 Å². The van der Waals surface area contributed by atoms with E-state index in [2.05, 4.69) is 17.2 Å². The summed E-state index contributed by atoms with van der Waals surface area (Å²) in [5, 5.41) is 2.24. The highest BCUT2D eigenvalue weighted by Gasteiger charge is 1.84. The topological polar surface area (TPSA) is 4.93 Å². The van der Waals surface area contributed by atoms with Gasteiger partial charge in [0.05, 0.1) is 0 Å². The third-order valence-electron chi connectivity index (χ3n) is 1.65. The smallest absolute Gasteiger partial charge is 0.0471 e. The molecule has 0 bridgehead atoms. The Morgan fingerprint density at radius 1 is 1.55 bits per heavy atom. The van der Waals surface area contributed by atoms with Crippen molar-refractivity contribution in [1.29, 1.82) is 0 Å². The van der Waals surface area contributed by atoms with Crippen LogP contribution < -0.4 is 10.6 Å². The Hall–Kier alpha value is -1.24. The minimum Gasteiger partial charge on any atom is -0.351 e. The molecule has 0 radical (unpaired) electrons. The summed E-state index contributed by atoms with van der Waals surface area (Å²) in [7, 11) is 2.02. The average molecular weight is 147 g/mol. The Bertz CT molecular complexity index is 355. The van der Waals surface area contributed by atoms with Crippen LogP contribution in [0, 0.1) is 0 Å². The first kappa shape index (κ1) is 7.86. The fourth-order valence-corrected chi connectivity index (χ4v) is 1.01. The van der Waals surface area contributed by atoms with Crippen molar-refractivity contribution in [2.24, 2.45) is 7.05 Å². The summed E-state index contributed by atoms with van der Waals surface area (Å²) in [4.78, 5) is 0. The Morgan fingerprint density at radius 2 is 2.27 bits per heavy atom. The van der Waals surface area contributed by atoms with E-state index in [0.717, 1.165) is 5.22 Å². The van der Waals surface area contributed by atoms with E-state index in [1.54, 1.807) is 0 Å². The Kier molecular flexibility index (Phi) is 2.32. The summed E-state index contributed by atoms with van der Waals surface area (Å²) < 4.78 is 2.06. The average Bonchev–Trinajstić information content (AvgIpc) is 2.29. The van der Waals surface area contributed by atoms with Gasteiger partial charge in [-0.05, 0) is 24.3 Å². The third-order valence-corrected chi connectivity index (χ3v) is 1.65. The van der Waals surface area contributed by atoms with Crippen LogP contribution in [0.1, 0.15) is 6.92 Å². The van der Waals surface area contributed by atoms with E-state index in [1.807, 2.05) is 38.4 Å². The largest absolute Gasteiger partial charge is 0.351 e. The van der Waals surface area contributed by atoms with Gasteiger partial charge in [0.15, 0.2) is 0 Å². The van der Waals surface area contributed by atoms with Gasteiger partial charge in [0, 0.05) is 18.6 Å². The van der Waals surface area contributed by atoms with Crippen LogP contribution in [0.5, 0.6) is 0 Å². The first-order valence-electron chi connectivity index (χ1n) is 3.69. The first-order valence-corrected chi connectivity index (χ1v) is 3.69. The molecule has 0 aliphatic carbocycles. The van der Waals surface area contributed by atoms with Crippen LogP contribution in [0.15, 0.2) is 24.4 Å². The van der Waals surface area contributed by atoms with Crippen molar-refractivity contribution in [3.05, 3.63) is 35.0 Å². The maximum atomic E-state index is 3.91. The molecular formula is C10H13N. The lowest BCUT2D eigenvalue weighted by Gasteiger charge is -1.87. The molecule has 0 saturated carbocycles. The Morgan fingerprint density at radius 3 is 2.73 bits per heavy atom. The van der Waals surface area contributed by atoms with Gasteiger partial charge in [-0.3, -0.25) is 0 Å². The molecule has 1 nitrogen and oxygen atoms in total. The zero-order valence-electron chi connectivity index (χ0n) is 7.04. The molecule has 1 aromatic rings. The highest BCUT2D eigenvalue weighted by Crippen LogP contribution is 1.73. The molecule has 0 N–H and O–H groups in total. The number of nitrogens with zero attached hydrogens (tertiary/aromatic N) is 1. The van der Waals surface area contributed by atoms with Gasteiger partial charge in [-0.2, -0.15) is 0 Å². The van der Waals surface area contributed by atoms with E-state index in [0.29, 0.717) is 0 Å². The van der Waals surface area contributed by atoms with Gasteiger partial charge in [-0.25, -0.2) is 0 Å². The molecule has 1 aromatic heterocycles. The quantitative estimate of drug-likeness (QED) is 0.553. The molecule has 0 aromatic carbocycles. The number of rotatable bonds is 1. The maximum Gasteiger partial charge on any atom is 0.0471 e. The second kappa shape index (κ2) is 3.24. The van der Waals surface area contributed by atoms with Crippen molar-refractivity contribution in [3.63, 3.8) is 0 Å². The summed E-state index contributed by atoms with van der Waals surface area (Å²) in [5.74, 6) is 0. The van der Waals surface area contributed by atoms with E-state index in [4.69, 9.17) is 0 Å². The molecule has 0 atom stereocenters. The molecule has 11 heavy (non-hydrogen) atoms. The van der Waals surface area contributed by atoms with E-state index < -0.39 is 0 Å². The predicted molar refractivity (Wildman–Crippen MR) is 49.5 cm³/mol. The minimum atomic E-state index is 1.07. The van der Waals surface area contributed by atoms with Crippen molar-refractivity contribution in [1.82, 2.24) is 4.57 Å². The standard InChI is InChI=1S/C10H13N/c1-4-5-6-10-9(2)7-8-11(10)3/h4-8H,2H2,1,3H3/b5-4-,10-6+. The molecule has 0 amide bonds. The van der Waals surface area contributed by atoms with E-state index in [-0.39, 0.29) is 0 Å². The minimum absolute atomic E-state index is 1.07. The van der Waals surface area contributed by atoms with E-state index >= 15 is 0 Å². The number of aromatic nitrogens is 1. The van der Waals surface area contributed by atoms with E-state index in [9.17, 15) is 0 Å². The van der Waals surface area contributed by atoms with Gasteiger partial charge in [-0.1, -0.05) is 18.7 Å². The van der Waals surface area contributed by atoms with Crippen LogP contribution in [-0.4, -0.2) is 4.57 Å². The lowest BCUT2D eigenvalue weighted by atomic mass is 10.4. The fourth-order valence-electron chi connectivity index (χ4n) is 1.01. The summed E-state index contributed by atoms with van der Waals surface area (Å²) in [6.45, 7) is 5.91. The van der Waals surface area contributed by atoms with Gasteiger partial charge in [0.2, 0.25) is 0 Å². The SMILES string of the molecule is C=c1ccn(C)/c1=C/C=C\C.